The number of hydrogen-bond donors (Lipinski definition) is 2. The van der Waals surface area contributed by atoms with Gasteiger partial charge in [-0.05, 0) is 36.4 Å². The molecule has 0 radical (unpaired) electrons. The van der Waals surface area contributed by atoms with Crippen LogP contribution in [0.1, 0.15) is 0 Å². The van der Waals surface area contributed by atoms with Crippen LogP contribution in [0.25, 0.3) is 28.2 Å². The molecule has 0 atom stereocenters. The Balaban J connectivity index is 2.05. The first-order chi connectivity index (χ1) is 14.0. The lowest BCUT2D eigenvalue weighted by Crippen LogP contribution is -2.14. The fourth-order valence-electron chi connectivity index (χ4n) is 2.95. The number of imidazole rings is 1. The summed E-state index contributed by atoms with van der Waals surface area (Å²) in [5.74, 6) is 1.11. The van der Waals surface area contributed by atoms with Gasteiger partial charge in [-0.1, -0.05) is 46.4 Å². The van der Waals surface area contributed by atoms with Gasteiger partial charge in [0.1, 0.15) is 12.2 Å². The van der Waals surface area contributed by atoms with Gasteiger partial charge in [-0.3, -0.25) is 4.57 Å². The van der Waals surface area contributed by atoms with Crippen molar-refractivity contribution >= 4 is 63.4 Å². The smallest absolute Gasteiger partial charge is 0.170 e. The Bertz CT molecular complexity index is 1210. The molecule has 0 unspecified atom stereocenters. The van der Waals surface area contributed by atoms with Crippen molar-refractivity contribution in [3.8, 4) is 17.1 Å². The van der Waals surface area contributed by atoms with Gasteiger partial charge < -0.3 is 11.1 Å². The number of hydrogen-bond acceptors (Lipinski definition) is 5. The Morgan fingerprint density at radius 2 is 1.66 bits per heavy atom. The summed E-state index contributed by atoms with van der Waals surface area (Å²) in [6.07, 6.45) is 1.45. The molecular formula is C19H14Cl4N6. The molecular weight excluding hydrogens is 454 g/mol. The first-order valence-electron chi connectivity index (χ1n) is 8.58. The van der Waals surface area contributed by atoms with Crippen LogP contribution in [-0.4, -0.2) is 32.6 Å². The molecule has 0 aliphatic rings. The van der Waals surface area contributed by atoms with Crippen molar-refractivity contribution in [1.82, 2.24) is 19.5 Å². The highest BCUT2D eigenvalue weighted by Gasteiger charge is 2.21. The minimum Gasteiger partial charge on any atom is -0.367 e. The van der Waals surface area contributed by atoms with E-state index in [1.165, 1.54) is 6.33 Å². The van der Waals surface area contributed by atoms with E-state index in [2.05, 4.69) is 15.3 Å². The second kappa shape index (κ2) is 8.34. The molecule has 4 rings (SSSR count). The number of halogens is 4. The Morgan fingerprint density at radius 1 is 0.931 bits per heavy atom. The van der Waals surface area contributed by atoms with Crippen molar-refractivity contribution in [1.29, 1.82) is 0 Å². The molecule has 2 aromatic heterocycles. The fourth-order valence-corrected chi connectivity index (χ4v) is 3.94. The lowest BCUT2D eigenvalue weighted by atomic mass is 10.2. The molecule has 0 aliphatic carbocycles. The second-order valence-electron chi connectivity index (χ2n) is 6.10. The topological polar surface area (TPSA) is 81.7 Å². The summed E-state index contributed by atoms with van der Waals surface area (Å²) in [6, 6.07) is 10.4. The molecule has 0 spiro atoms. The van der Waals surface area contributed by atoms with Gasteiger partial charge in [0.2, 0.25) is 0 Å². The van der Waals surface area contributed by atoms with Crippen LogP contribution in [0.5, 0.6) is 0 Å². The molecule has 0 fully saturated rings. The molecule has 4 aromatic rings. The van der Waals surface area contributed by atoms with Gasteiger partial charge in [0.05, 0.1) is 15.7 Å². The number of nitrogens with zero attached hydrogens (tertiary/aromatic N) is 4. The highest BCUT2D eigenvalue weighted by atomic mass is 35.5. The molecule has 0 amide bonds. The number of aromatic nitrogens is 4. The van der Waals surface area contributed by atoms with Crippen molar-refractivity contribution < 1.29 is 0 Å². The first-order valence-corrected chi connectivity index (χ1v) is 10.1. The van der Waals surface area contributed by atoms with E-state index in [-0.39, 0.29) is 0 Å². The van der Waals surface area contributed by atoms with E-state index < -0.39 is 0 Å². The summed E-state index contributed by atoms with van der Waals surface area (Å²) in [5.41, 5.74) is 8.06. The summed E-state index contributed by atoms with van der Waals surface area (Å²) in [5, 5.41) is 5.11. The van der Waals surface area contributed by atoms with Gasteiger partial charge in [-0.25, -0.2) is 15.0 Å². The van der Waals surface area contributed by atoms with E-state index in [1.54, 1.807) is 36.4 Å². The Kier molecular flexibility index (Phi) is 5.81. The SMILES string of the molecule is NCCNc1ncnc2c1nc(-c1ccc(Cl)cc1Cl)n2-c1ccc(Cl)cc1Cl. The largest absolute Gasteiger partial charge is 0.367 e. The van der Waals surface area contributed by atoms with Crippen molar-refractivity contribution in [2.45, 2.75) is 0 Å². The molecule has 3 N–H and O–H groups in total. The maximum absolute atomic E-state index is 6.51. The molecule has 2 aromatic carbocycles. The van der Waals surface area contributed by atoms with Crippen LogP contribution in [0.2, 0.25) is 20.1 Å². The van der Waals surface area contributed by atoms with E-state index >= 15 is 0 Å². The molecule has 2 heterocycles. The summed E-state index contributed by atoms with van der Waals surface area (Å²) in [6.45, 7) is 0.989. The molecule has 6 nitrogen and oxygen atoms in total. The maximum Gasteiger partial charge on any atom is 0.170 e. The van der Waals surface area contributed by atoms with Crippen molar-refractivity contribution in [2.75, 3.05) is 18.4 Å². The van der Waals surface area contributed by atoms with Gasteiger partial charge in [0.15, 0.2) is 17.0 Å². The second-order valence-corrected chi connectivity index (χ2v) is 7.79. The van der Waals surface area contributed by atoms with Crippen LogP contribution in [0.4, 0.5) is 5.82 Å². The van der Waals surface area contributed by atoms with E-state index in [1.807, 2.05) is 4.57 Å². The number of benzene rings is 2. The van der Waals surface area contributed by atoms with E-state index in [0.717, 1.165) is 0 Å². The lowest BCUT2D eigenvalue weighted by molar-refractivity contribution is 1.01. The van der Waals surface area contributed by atoms with Crippen LogP contribution in [0, 0.1) is 0 Å². The third kappa shape index (κ3) is 3.86. The zero-order valence-corrected chi connectivity index (χ0v) is 17.9. The van der Waals surface area contributed by atoms with Gasteiger partial charge >= 0.3 is 0 Å². The average Bonchev–Trinajstić information content (AvgIpc) is 3.06. The Labute approximate surface area is 186 Å². The third-order valence-electron chi connectivity index (χ3n) is 4.20. The van der Waals surface area contributed by atoms with Gasteiger partial charge in [-0.15, -0.1) is 0 Å². The summed E-state index contributed by atoms with van der Waals surface area (Å²) >= 11 is 25.1. The summed E-state index contributed by atoms with van der Waals surface area (Å²) in [7, 11) is 0. The summed E-state index contributed by atoms with van der Waals surface area (Å²) < 4.78 is 1.82. The third-order valence-corrected chi connectivity index (χ3v) is 5.29. The van der Waals surface area contributed by atoms with E-state index in [0.29, 0.717) is 67.2 Å². The number of rotatable bonds is 5. The van der Waals surface area contributed by atoms with Crippen LogP contribution in [-0.2, 0) is 0 Å². The minimum absolute atomic E-state index is 0.443. The fraction of sp³-hybridized carbons (Fsp3) is 0.105. The molecule has 29 heavy (non-hydrogen) atoms. The number of fused-ring (bicyclic) bond motifs is 1. The van der Waals surface area contributed by atoms with Crippen molar-refractivity contribution in [3.63, 3.8) is 0 Å². The van der Waals surface area contributed by atoms with Crippen LogP contribution >= 0.6 is 46.4 Å². The predicted octanol–water partition coefficient (Wildman–Crippen LogP) is 5.47. The zero-order chi connectivity index (χ0) is 20.5. The quantitative estimate of drug-likeness (QED) is 0.406. The lowest BCUT2D eigenvalue weighted by Gasteiger charge is -2.12. The van der Waals surface area contributed by atoms with E-state index in [4.69, 9.17) is 57.1 Å². The van der Waals surface area contributed by atoms with Crippen molar-refractivity contribution in [2.24, 2.45) is 5.73 Å². The molecule has 0 saturated carbocycles. The Morgan fingerprint density at radius 3 is 2.34 bits per heavy atom. The molecule has 148 valence electrons. The van der Waals surface area contributed by atoms with Crippen LogP contribution in [0.3, 0.4) is 0 Å². The van der Waals surface area contributed by atoms with Crippen LogP contribution in [0.15, 0.2) is 42.7 Å². The zero-order valence-electron chi connectivity index (χ0n) is 14.8. The van der Waals surface area contributed by atoms with E-state index in [9.17, 15) is 0 Å². The van der Waals surface area contributed by atoms with Gasteiger partial charge in [0, 0.05) is 28.7 Å². The highest BCUT2D eigenvalue weighted by Crippen LogP contribution is 2.37. The molecule has 0 bridgehead atoms. The monoisotopic (exact) mass is 466 g/mol. The highest BCUT2D eigenvalue weighted by molar-refractivity contribution is 6.37. The first kappa shape index (κ1) is 20.2. The Hall–Kier alpha value is -2.09. The maximum atomic E-state index is 6.51. The molecule has 10 heteroatoms. The number of anilines is 1. The normalized spacial score (nSPS) is 11.2. The van der Waals surface area contributed by atoms with Crippen molar-refractivity contribution in [3.05, 3.63) is 62.8 Å². The molecule has 0 aliphatic heterocycles. The predicted molar refractivity (Wildman–Crippen MR) is 120 cm³/mol. The number of nitrogens with two attached hydrogens (primary N) is 1. The van der Waals surface area contributed by atoms with Gasteiger partial charge in [-0.2, -0.15) is 0 Å². The number of nitrogens with one attached hydrogen (secondary N) is 1. The standard InChI is InChI=1S/C19H14Cl4N6/c20-10-1-3-12(13(22)7-10)18-28-16-17(25-6-5-24)26-9-27-19(16)29(18)15-4-2-11(21)8-14(15)23/h1-4,7-9H,5-6,24H2,(H,25,26,27). The summed E-state index contributed by atoms with van der Waals surface area (Å²) in [4.78, 5) is 13.5. The molecule has 0 saturated heterocycles. The van der Waals surface area contributed by atoms with Crippen LogP contribution < -0.4 is 11.1 Å². The average molecular weight is 468 g/mol. The minimum atomic E-state index is 0.443. The van der Waals surface area contributed by atoms with Gasteiger partial charge in [0.25, 0.3) is 0 Å².